The number of rotatable bonds is 1. The maximum atomic E-state index is 10.8. The average Bonchev–Trinajstić information content (AvgIpc) is 2.14. The summed E-state index contributed by atoms with van der Waals surface area (Å²) in [5.74, 6) is -0.503. The van der Waals surface area contributed by atoms with E-state index in [1.165, 1.54) is 0 Å². The van der Waals surface area contributed by atoms with E-state index in [4.69, 9.17) is 11.5 Å². The monoisotopic (exact) mass is 258 g/mol. The Morgan fingerprint density at radius 3 is 2.29 bits per heavy atom. The zero-order valence-corrected chi connectivity index (χ0v) is 10.2. The fourth-order valence-electron chi connectivity index (χ4n) is 0.958. The maximum absolute atomic E-state index is 10.8. The second kappa shape index (κ2) is 5.65. The molecular formula is C10H15BrN2O. The minimum atomic E-state index is -0.503. The van der Waals surface area contributed by atoms with Gasteiger partial charge in [0.2, 0.25) is 0 Å². The first-order valence-electron chi connectivity index (χ1n) is 4.38. The summed E-state index contributed by atoms with van der Waals surface area (Å²) < 4.78 is 0.808. The van der Waals surface area contributed by atoms with Gasteiger partial charge in [0.15, 0.2) is 0 Å². The predicted molar refractivity (Wildman–Crippen MR) is 63.2 cm³/mol. The van der Waals surface area contributed by atoms with Gasteiger partial charge in [-0.15, -0.1) is 0 Å². The van der Waals surface area contributed by atoms with Gasteiger partial charge in [-0.25, -0.2) is 0 Å². The Hall–Kier alpha value is -1.03. The Kier molecular flexibility index (Phi) is 5.23. The lowest BCUT2D eigenvalue weighted by Gasteiger charge is -2.05. The largest absolute Gasteiger partial charge is 0.398 e. The third-order valence-corrected chi connectivity index (χ3v) is 2.07. The summed E-state index contributed by atoms with van der Waals surface area (Å²) in [7, 11) is 0. The lowest BCUT2D eigenvalue weighted by atomic mass is 10.1. The molecule has 1 rings (SSSR count). The zero-order valence-electron chi connectivity index (χ0n) is 8.60. The van der Waals surface area contributed by atoms with Crippen LogP contribution in [0.25, 0.3) is 0 Å². The van der Waals surface area contributed by atoms with Crippen LogP contribution < -0.4 is 11.5 Å². The predicted octanol–water partition coefficient (Wildman–Crippen LogP) is 2.46. The molecule has 0 heterocycles. The van der Waals surface area contributed by atoms with E-state index in [0.717, 1.165) is 10.0 Å². The van der Waals surface area contributed by atoms with Crippen LogP contribution in [-0.2, 0) is 0 Å². The molecule has 4 heteroatoms. The zero-order chi connectivity index (χ0) is 11.3. The van der Waals surface area contributed by atoms with Gasteiger partial charge in [-0.2, -0.15) is 0 Å². The lowest BCUT2D eigenvalue weighted by Crippen LogP contribution is -2.14. The topological polar surface area (TPSA) is 69.1 Å². The van der Waals surface area contributed by atoms with E-state index in [1.54, 1.807) is 6.07 Å². The van der Waals surface area contributed by atoms with Crippen molar-refractivity contribution in [2.45, 2.75) is 20.8 Å². The van der Waals surface area contributed by atoms with Crippen molar-refractivity contribution < 1.29 is 4.79 Å². The van der Waals surface area contributed by atoms with Gasteiger partial charge in [-0.1, -0.05) is 29.8 Å². The molecule has 0 fully saturated rings. The van der Waals surface area contributed by atoms with Crippen molar-refractivity contribution in [1.29, 1.82) is 0 Å². The first kappa shape index (κ1) is 13.0. The first-order valence-corrected chi connectivity index (χ1v) is 5.17. The third kappa shape index (κ3) is 3.03. The third-order valence-electron chi connectivity index (χ3n) is 1.62. The maximum Gasteiger partial charge on any atom is 0.250 e. The molecule has 78 valence electrons. The summed E-state index contributed by atoms with van der Waals surface area (Å²) in [4.78, 5) is 10.8. The molecule has 0 aliphatic heterocycles. The average molecular weight is 259 g/mol. The number of anilines is 1. The van der Waals surface area contributed by atoms with Gasteiger partial charge < -0.3 is 11.5 Å². The van der Waals surface area contributed by atoms with E-state index in [2.05, 4.69) is 15.9 Å². The Labute approximate surface area is 92.6 Å². The van der Waals surface area contributed by atoms with E-state index in [9.17, 15) is 4.79 Å². The van der Waals surface area contributed by atoms with Crippen molar-refractivity contribution in [2.75, 3.05) is 5.73 Å². The number of primary amides is 1. The molecule has 3 nitrogen and oxygen atoms in total. The van der Waals surface area contributed by atoms with Crippen molar-refractivity contribution >= 4 is 27.5 Å². The van der Waals surface area contributed by atoms with Gasteiger partial charge in [0, 0.05) is 10.2 Å². The van der Waals surface area contributed by atoms with Crippen molar-refractivity contribution in [3.8, 4) is 0 Å². The van der Waals surface area contributed by atoms with Gasteiger partial charge in [0.1, 0.15) is 0 Å². The summed E-state index contributed by atoms with van der Waals surface area (Å²) in [6, 6.07) is 3.45. The Bertz CT molecular complexity index is 337. The fourth-order valence-corrected chi connectivity index (χ4v) is 1.53. The number of carbonyl (C=O) groups excluding carboxylic acids is 1. The number of carbonyl (C=O) groups is 1. The highest BCUT2D eigenvalue weighted by molar-refractivity contribution is 9.10. The van der Waals surface area contributed by atoms with Gasteiger partial charge >= 0.3 is 0 Å². The highest BCUT2D eigenvalue weighted by Crippen LogP contribution is 2.22. The van der Waals surface area contributed by atoms with Crippen LogP contribution in [0.2, 0.25) is 0 Å². The summed E-state index contributed by atoms with van der Waals surface area (Å²) >= 11 is 3.25. The van der Waals surface area contributed by atoms with Crippen LogP contribution in [0, 0.1) is 6.92 Å². The molecule has 0 aliphatic rings. The van der Waals surface area contributed by atoms with Crippen LogP contribution in [0.5, 0.6) is 0 Å². The SMILES string of the molecule is CC.Cc1cc(Br)cc(C(N)=O)c1N. The quantitative estimate of drug-likeness (QED) is 0.760. The second-order valence-electron chi connectivity index (χ2n) is 2.55. The summed E-state index contributed by atoms with van der Waals surface area (Å²) in [5, 5.41) is 0. The number of amides is 1. The normalized spacial score (nSPS) is 8.86. The number of hydrogen-bond acceptors (Lipinski definition) is 2. The van der Waals surface area contributed by atoms with Gasteiger partial charge in [-0.05, 0) is 24.6 Å². The molecule has 0 bridgehead atoms. The molecule has 0 spiro atoms. The molecule has 1 amide bonds. The number of nitrogen functional groups attached to an aromatic ring is 1. The van der Waals surface area contributed by atoms with Crippen LogP contribution in [0.4, 0.5) is 5.69 Å². The molecule has 0 aromatic heterocycles. The molecular weight excluding hydrogens is 244 g/mol. The van der Waals surface area contributed by atoms with Crippen molar-refractivity contribution in [3.63, 3.8) is 0 Å². The second-order valence-corrected chi connectivity index (χ2v) is 3.46. The first-order chi connectivity index (χ1) is 6.52. The Morgan fingerprint density at radius 1 is 1.36 bits per heavy atom. The summed E-state index contributed by atoms with van der Waals surface area (Å²) in [6.07, 6.45) is 0. The molecule has 0 radical (unpaired) electrons. The van der Waals surface area contributed by atoms with Crippen molar-refractivity contribution in [1.82, 2.24) is 0 Å². The van der Waals surface area contributed by atoms with Gasteiger partial charge in [0.25, 0.3) is 5.91 Å². The summed E-state index contributed by atoms with van der Waals surface area (Å²) in [5.41, 5.74) is 12.4. The van der Waals surface area contributed by atoms with Crippen LogP contribution in [-0.4, -0.2) is 5.91 Å². The summed E-state index contributed by atoms with van der Waals surface area (Å²) in [6.45, 7) is 5.83. The van der Waals surface area contributed by atoms with Crippen LogP contribution in [0.15, 0.2) is 16.6 Å². The van der Waals surface area contributed by atoms with E-state index >= 15 is 0 Å². The standard InChI is InChI=1S/C8H9BrN2O.C2H6/c1-4-2-5(9)3-6(7(4)10)8(11)12;1-2/h2-3H,10H2,1H3,(H2,11,12);1-2H3. The van der Waals surface area contributed by atoms with Crippen LogP contribution in [0.3, 0.4) is 0 Å². The minimum absolute atomic E-state index is 0.363. The number of aryl methyl sites for hydroxylation is 1. The van der Waals surface area contributed by atoms with E-state index < -0.39 is 5.91 Å². The van der Waals surface area contributed by atoms with Crippen LogP contribution in [0.1, 0.15) is 29.8 Å². The molecule has 14 heavy (non-hydrogen) atoms. The molecule has 0 saturated carbocycles. The number of hydrogen-bond donors (Lipinski definition) is 2. The number of benzene rings is 1. The number of nitrogens with two attached hydrogens (primary N) is 2. The highest BCUT2D eigenvalue weighted by atomic mass is 79.9. The molecule has 0 aliphatic carbocycles. The molecule has 4 N–H and O–H groups in total. The highest BCUT2D eigenvalue weighted by Gasteiger charge is 2.08. The fraction of sp³-hybridized carbons (Fsp3) is 0.300. The van der Waals surface area contributed by atoms with E-state index in [0.29, 0.717) is 11.3 Å². The minimum Gasteiger partial charge on any atom is -0.398 e. The molecule has 0 saturated heterocycles. The number of halogens is 1. The molecule has 1 aromatic rings. The molecule has 1 aromatic carbocycles. The lowest BCUT2D eigenvalue weighted by molar-refractivity contribution is 0.100. The molecule has 0 atom stereocenters. The van der Waals surface area contributed by atoms with E-state index in [-0.39, 0.29) is 0 Å². The van der Waals surface area contributed by atoms with Crippen molar-refractivity contribution in [3.05, 3.63) is 27.7 Å². The van der Waals surface area contributed by atoms with E-state index in [1.807, 2.05) is 26.8 Å². The Morgan fingerprint density at radius 2 is 1.86 bits per heavy atom. The van der Waals surface area contributed by atoms with Crippen molar-refractivity contribution in [2.24, 2.45) is 5.73 Å². The van der Waals surface area contributed by atoms with Gasteiger partial charge in [-0.3, -0.25) is 4.79 Å². The Balaban J connectivity index is 0.000000791. The van der Waals surface area contributed by atoms with Gasteiger partial charge in [0.05, 0.1) is 5.56 Å². The smallest absolute Gasteiger partial charge is 0.250 e. The van der Waals surface area contributed by atoms with Crippen LogP contribution >= 0.6 is 15.9 Å². The molecule has 0 unspecified atom stereocenters.